The van der Waals surface area contributed by atoms with E-state index in [-0.39, 0.29) is 39.1 Å². The number of nitrogens with one attached hydrogen (secondary N) is 1. The SMILES string of the molecule is O=[N+]([O-])c1ccccc1S[C@@H]1C[C@@H]2[C@H](c3cccc(Cl)c3N[C@H]2c2ccc(Br)cc2)[C@@H]1Cl. The summed E-state index contributed by atoms with van der Waals surface area (Å²) in [5, 5.41) is 15.8. The molecule has 164 valence electrons. The number of para-hydroxylation sites is 2. The molecule has 1 saturated carbocycles. The number of rotatable bonds is 4. The van der Waals surface area contributed by atoms with Crippen molar-refractivity contribution >= 4 is 62.3 Å². The average Bonchev–Trinajstić information content (AvgIpc) is 3.11. The number of nitro groups is 1. The van der Waals surface area contributed by atoms with Gasteiger partial charge in [0.1, 0.15) is 0 Å². The molecule has 4 nitrogen and oxygen atoms in total. The topological polar surface area (TPSA) is 55.2 Å². The maximum atomic E-state index is 11.5. The van der Waals surface area contributed by atoms with Crippen molar-refractivity contribution in [1.29, 1.82) is 0 Å². The third-order valence-electron chi connectivity index (χ3n) is 6.37. The summed E-state index contributed by atoms with van der Waals surface area (Å²) in [4.78, 5) is 11.9. The van der Waals surface area contributed by atoms with Crippen molar-refractivity contribution in [2.45, 2.75) is 33.9 Å². The first-order chi connectivity index (χ1) is 15.4. The van der Waals surface area contributed by atoms with E-state index in [1.54, 1.807) is 12.1 Å². The zero-order chi connectivity index (χ0) is 22.4. The molecular weight excluding hydrogens is 531 g/mol. The lowest BCUT2D eigenvalue weighted by Crippen LogP contribution is -2.31. The predicted octanol–water partition coefficient (Wildman–Crippen LogP) is 8.05. The van der Waals surface area contributed by atoms with Gasteiger partial charge in [-0.15, -0.1) is 23.4 Å². The minimum absolute atomic E-state index is 0.0393. The van der Waals surface area contributed by atoms with E-state index in [4.69, 9.17) is 23.2 Å². The normalized spacial score (nSPS) is 26.2. The number of thioether (sulfide) groups is 1. The van der Waals surface area contributed by atoms with Crippen molar-refractivity contribution in [2.75, 3.05) is 5.32 Å². The van der Waals surface area contributed by atoms with E-state index in [2.05, 4.69) is 39.4 Å². The van der Waals surface area contributed by atoms with Gasteiger partial charge in [0.2, 0.25) is 0 Å². The molecule has 0 spiro atoms. The van der Waals surface area contributed by atoms with Crippen molar-refractivity contribution in [1.82, 2.24) is 0 Å². The van der Waals surface area contributed by atoms with Crippen LogP contribution in [0, 0.1) is 16.0 Å². The van der Waals surface area contributed by atoms with Crippen LogP contribution >= 0.6 is 50.9 Å². The van der Waals surface area contributed by atoms with E-state index in [1.165, 1.54) is 17.3 Å². The Morgan fingerprint density at radius 1 is 1.06 bits per heavy atom. The fourth-order valence-electron chi connectivity index (χ4n) is 4.98. The first-order valence-electron chi connectivity index (χ1n) is 10.3. The average molecular weight is 550 g/mol. The first-order valence-corrected chi connectivity index (χ1v) is 12.8. The minimum atomic E-state index is -0.325. The van der Waals surface area contributed by atoms with Gasteiger partial charge >= 0.3 is 0 Å². The number of benzene rings is 3. The molecule has 1 N–H and O–H groups in total. The monoisotopic (exact) mass is 548 g/mol. The molecule has 0 amide bonds. The first kappa shape index (κ1) is 22.1. The van der Waals surface area contributed by atoms with Crippen molar-refractivity contribution in [3.8, 4) is 0 Å². The Morgan fingerprint density at radius 2 is 1.81 bits per heavy atom. The molecule has 0 bridgehead atoms. The van der Waals surface area contributed by atoms with Crippen LogP contribution in [0.5, 0.6) is 0 Å². The van der Waals surface area contributed by atoms with E-state index >= 15 is 0 Å². The quantitative estimate of drug-likeness (QED) is 0.203. The van der Waals surface area contributed by atoms with Crippen LogP contribution < -0.4 is 5.32 Å². The summed E-state index contributed by atoms with van der Waals surface area (Å²) >= 11 is 18.7. The van der Waals surface area contributed by atoms with Crippen molar-refractivity contribution in [3.05, 3.63) is 97.5 Å². The summed E-state index contributed by atoms with van der Waals surface area (Å²) in [6, 6.07) is 21.2. The molecule has 3 aromatic carbocycles. The summed E-state index contributed by atoms with van der Waals surface area (Å²) < 4.78 is 1.03. The number of nitro benzene ring substituents is 1. The van der Waals surface area contributed by atoms with E-state index in [0.29, 0.717) is 9.92 Å². The Labute approximate surface area is 209 Å². The van der Waals surface area contributed by atoms with Crippen LogP contribution in [0.4, 0.5) is 11.4 Å². The molecule has 1 heterocycles. The molecule has 0 radical (unpaired) electrons. The molecule has 1 aliphatic heterocycles. The van der Waals surface area contributed by atoms with Gasteiger partial charge in [0.25, 0.3) is 5.69 Å². The number of hydrogen-bond donors (Lipinski definition) is 1. The van der Waals surface area contributed by atoms with Gasteiger partial charge in [-0.2, -0.15) is 0 Å². The lowest BCUT2D eigenvalue weighted by atomic mass is 9.77. The van der Waals surface area contributed by atoms with Crippen molar-refractivity contribution in [3.63, 3.8) is 0 Å². The van der Waals surface area contributed by atoms with E-state index in [1.807, 2.05) is 36.4 Å². The van der Waals surface area contributed by atoms with Crippen LogP contribution in [0.2, 0.25) is 5.02 Å². The lowest BCUT2D eigenvalue weighted by molar-refractivity contribution is -0.387. The fourth-order valence-corrected chi connectivity index (χ4v) is 7.42. The molecule has 8 heteroatoms. The Balaban J connectivity index is 1.54. The van der Waals surface area contributed by atoms with Gasteiger partial charge < -0.3 is 5.32 Å². The molecule has 0 aromatic heterocycles. The van der Waals surface area contributed by atoms with Gasteiger partial charge in [0.05, 0.1) is 31.9 Å². The molecule has 0 unspecified atom stereocenters. The van der Waals surface area contributed by atoms with Crippen LogP contribution in [0.15, 0.2) is 76.1 Å². The van der Waals surface area contributed by atoms with Gasteiger partial charge in [-0.25, -0.2) is 0 Å². The van der Waals surface area contributed by atoms with E-state index < -0.39 is 0 Å². The summed E-state index contributed by atoms with van der Waals surface area (Å²) in [5.74, 6) is 0.338. The van der Waals surface area contributed by atoms with E-state index in [9.17, 15) is 10.1 Å². The minimum Gasteiger partial charge on any atom is -0.376 e. The molecule has 2 aliphatic rings. The molecule has 1 aliphatic carbocycles. The van der Waals surface area contributed by atoms with Gasteiger partial charge in [-0.3, -0.25) is 10.1 Å². The highest BCUT2D eigenvalue weighted by Crippen LogP contribution is 2.58. The van der Waals surface area contributed by atoms with Gasteiger partial charge in [0.15, 0.2) is 0 Å². The molecule has 5 atom stereocenters. The third kappa shape index (κ3) is 3.92. The Bertz CT molecular complexity index is 1180. The predicted molar refractivity (Wildman–Crippen MR) is 135 cm³/mol. The Morgan fingerprint density at radius 3 is 2.56 bits per heavy atom. The number of nitrogens with zero attached hydrogens (tertiary/aromatic N) is 1. The molecule has 5 rings (SSSR count). The third-order valence-corrected chi connectivity index (χ3v) is 9.32. The number of hydrogen-bond acceptors (Lipinski definition) is 4. The largest absolute Gasteiger partial charge is 0.376 e. The molecular formula is C24H19BrCl2N2O2S. The summed E-state index contributed by atoms with van der Waals surface area (Å²) in [7, 11) is 0. The van der Waals surface area contributed by atoms with Crippen LogP contribution in [0.3, 0.4) is 0 Å². The Kier molecular flexibility index (Phi) is 6.14. The van der Waals surface area contributed by atoms with Crippen LogP contribution in [0.25, 0.3) is 0 Å². The second kappa shape index (κ2) is 8.90. The summed E-state index contributed by atoms with van der Waals surface area (Å²) in [5.41, 5.74) is 3.36. The lowest BCUT2D eigenvalue weighted by Gasteiger charge is -2.38. The maximum absolute atomic E-state index is 11.5. The van der Waals surface area contributed by atoms with Crippen molar-refractivity contribution < 1.29 is 4.92 Å². The van der Waals surface area contributed by atoms with Gasteiger partial charge in [-0.05, 0) is 47.7 Å². The summed E-state index contributed by atoms with van der Waals surface area (Å²) in [6.45, 7) is 0. The standard InChI is InChI=1S/C24H19BrCl2N2O2S/c25-14-10-8-13(9-11-14)23-16-12-20(32-19-7-2-1-6-18(19)29(30)31)22(27)21(16)15-4-3-5-17(26)24(15)28-23/h1-11,16,20-23,28H,12H2/t16-,20-,21+,22-,23+/m1/s1. The number of halogens is 3. The second-order valence-electron chi connectivity index (χ2n) is 8.13. The second-order valence-corrected chi connectivity index (χ2v) is 11.2. The molecule has 1 fully saturated rings. The van der Waals surface area contributed by atoms with E-state index in [0.717, 1.165) is 22.1 Å². The molecule has 0 saturated heterocycles. The highest BCUT2D eigenvalue weighted by molar-refractivity contribution is 9.10. The van der Waals surface area contributed by atoms with Crippen LogP contribution in [-0.4, -0.2) is 15.6 Å². The van der Waals surface area contributed by atoms with Gasteiger partial charge in [0, 0.05) is 21.7 Å². The fraction of sp³-hybridized carbons (Fsp3) is 0.250. The highest BCUT2D eigenvalue weighted by atomic mass is 79.9. The number of anilines is 1. The number of alkyl halides is 1. The molecule has 3 aromatic rings. The maximum Gasteiger partial charge on any atom is 0.282 e. The van der Waals surface area contributed by atoms with Crippen LogP contribution in [0.1, 0.15) is 29.5 Å². The zero-order valence-electron chi connectivity index (χ0n) is 16.8. The van der Waals surface area contributed by atoms with Crippen LogP contribution in [-0.2, 0) is 0 Å². The highest BCUT2D eigenvalue weighted by Gasteiger charge is 2.50. The van der Waals surface area contributed by atoms with Gasteiger partial charge in [-0.1, -0.05) is 63.9 Å². The Hall–Kier alpha value is -1.73. The molecule has 32 heavy (non-hydrogen) atoms. The van der Waals surface area contributed by atoms with Crippen molar-refractivity contribution in [2.24, 2.45) is 5.92 Å². The summed E-state index contributed by atoms with van der Waals surface area (Å²) in [6.07, 6.45) is 0.842. The number of fused-ring (bicyclic) bond motifs is 3. The smallest absolute Gasteiger partial charge is 0.282 e. The zero-order valence-corrected chi connectivity index (χ0v) is 20.7.